The van der Waals surface area contributed by atoms with Crippen LogP contribution in [-0.2, 0) is 24.3 Å². The molecule has 1 heterocycles. The van der Waals surface area contributed by atoms with Gasteiger partial charge in [0.1, 0.15) is 0 Å². The molecule has 0 aliphatic carbocycles. The molecule has 3 rings (SSSR count). The number of nitrogens with one attached hydrogen (secondary N) is 1. The van der Waals surface area contributed by atoms with Gasteiger partial charge in [-0.2, -0.15) is 0 Å². The number of hydrogen-bond donors (Lipinski definition) is 2. The third-order valence-corrected chi connectivity index (χ3v) is 4.63. The van der Waals surface area contributed by atoms with Gasteiger partial charge in [-0.1, -0.05) is 43.3 Å². The van der Waals surface area contributed by atoms with Gasteiger partial charge in [0.05, 0.1) is 0 Å². The van der Waals surface area contributed by atoms with Crippen molar-refractivity contribution in [3.63, 3.8) is 0 Å². The maximum Gasteiger partial charge on any atom is 0.223 e. The molecule has 0 saturated carbocycles. The minimum atomic E-state index is 0. The van der Waals surface area contributed by atoms with E-state index in [1.807, 2.05) is 29.2 Å². The highest BCUT2D eigenvalue weighted by atomic mass is 127. The third kappa shape index (κ3) is 5.95. The van der Waals surface area contributed by atoms with Crippen LogP contribution >= 0.6 is 24.0 Å². The van der Waals surface area contributed by atoms with E-state index >= 15 is 0 Å². The fourth-order valence-corrected chi connectivity index (χ4v) is 3.15. The molecule has 6 heteroatoms. The normalized spacial score (nSPS) is 13.1. The molecule has 0 spiro atoms. The Bertz CT molecular complexity index is 781. The van der Waals surface area contributed by atoms with Crippen molar-refractivity contribution in [1.29, 1.82) is 0 Å². The van der Waals surface area contributed by atoms with Crippen LogP contribution in [0.5, 0.6) is 0 Å². The van der Waals surface area contributed by atoms with Crippen LogP contribution in [0, 0.1) is 0 Å². The number of nitrogens with two attached hydrogens (primary N) is 1. The van der Waals surface area contributed by atoms with E-state index in [1.165, 1.54) is 16.7 Å². The van der Waals surface area contributed by atoms with Crippen molar-refractivity contribution < 1.29 is 4.79 Å². The molecule has 1 amide bonds. The topological polar surface area (TPSA) is 70.7 Å². The highest BCUT2D eigenvalue weighted by Crippen LogP contribution is 2.22. The number of carbonyl (C=O) groups is 1. The second-order valence-electron chi connectivity index (χ2n) is 6.57. The van der Waals surface area contributed by atoms with Crippen LogP contribution in [0.15, 0.2) is 53.5 Å². The van der Waals surface area contributed by atoms with Crippen LogP contribution in [0.4, 0.5) is 5.69 Å². The van der Waals surface area contributed by atoms with Gasteiger partial charge in [0.2, 0.25) is 5.91 Å². The largest absolute Gasteiger partial charge is 0.370 e. The van der Waals surface area contributed by atoms with Crippen molar-refractivity contribution in [3.8, 4) is 0 Å². The van der Waals surface area contributed by atoms with E-state index in [2.05, 4.69) is 41.5 Å². The molecule has 0 fully saturated rings. The lowest BCUT2D eigenvalue weighted by Crippen LogP contribution is -2.25. The fraction of sp³-hybridized carbons (Fsp3) is 0.333. The zero-order valence-corrected chi connectivity index (χ0v) is 18.0. The van der Waals surface area contributed by atoms with Crippen LogP contribution in [0.3, 0.4) is 0 Å². The summed E-state index contributed by atoms with van der Waals surface area (Å²) in [6.07, 6.45) is 2.17. The number of nitrogens with zero attached hydrogens (tertiary/aromatic N) is 2. The lowest BCUT2D eigenvalue weighted by Gasteiger charge is -2.15. The average molecular weight is 478 g/mol. The number of aryl methyl sites for hydroxylation is 1. The van der Waals surface area contributed by atoms with E-state index < -0.39 is 0 Å². The summed E-state index contributed by atoms with van der Waals surface area (Å²) in [6.45, 7) is 4.09. The lowest BCUT2D eigenvalue weighted by molar-refractivity contribution is -0.131. The Hall–Kier alpha value is -2.09. The Morgan fingerprint density at radius 3 is 2.52 bits per heavy atom. The molecule has 5 nitrogen and oxygen atoms in total. The molecule has 3 N–H and O–H groups in total. The van der Waals surface area contributed by atoms with Crippen LogP contribution in [0.1, 0.15) is 36.5 Å². The zero-order valence-electron chi connectivity index (χ0n) is 15.6. The summed E-state index contributed by atoms with van der Waals surface area (Å²) in [4.78, 5) is 18.6. The number of rotatable bonds is 6. The predicted octanol–water partition coefficient (Wildman–Crippen LogP) is 3.92. The molecule has 0 radical (unpaired) electrons. The molecule has 0 saturated heterocycles. The molecule has 1 aliphatic heterocycles. The summed E-state index contributed by atoms with van der Waals surface area (Å²) in [5.74, 6) is 0.567. The number of hydrogen-bond acceptors (Lipinski definition) is 2. The quantitative estimate of drug-likeness (QED) is 0.286. The van der Waals surface area contributed by atoms with E-state index in [4.69, 9.17) is 5.73 Å². The van der Waals surface area contributed by atoms with Crippen LogP contribution in [-0.4, -0.2) is 23.3 Å². The van der Waals surface area contributed by atoms with E-state index in [0.717, 1.165) is 25.2 Å². The Kier molecular flexibility index (Phi) is 8.09. The lowest BCUT2D eigenvalue weighted by atomic mass is 10.1. The van der Waals surface area contributed by atoms with Crippen molar-refractivity contribution >= 4 is 41.5 Å². The summed E-state index contributed by atoms with van der Waals surface area (Å²) < 4.78 is 0. The number of carbonyl (C=O) groups excluding carboxylic acids is 1. The molecule has 1 aliphatic rings. The molecule has 2 aromatic carbocycles. The molecular weight excluding hydrogens is 451 g/mol. The van der Waals surface area contributed by atoms with Gasteiger partial charge in [-0.25, -0.2) is 0 Å². The molecule has 27 heavy (non-hydrogen) atoms. The fourth-order valence-electron chi connectivity index (χ4n) is 3.15. The molecule has 0 unspecified atom stereocenters. The van der Waals surface area contributed by atoms with Gasteiger partial charge in [-0.15, -0.1) is 24.0 Å². The molecule has 144 valence electrons. The van der Waals surface area contributed by atoms with E-state index in [0.29, 0.717) is 25.3 Å². The summed E-state index contributed by atoms with van der Waals surface area (Å²) in [5.41, 5.74) is 10.6. The van der Waals surface area contributed by atoms with Gasteiger partial charge in [0.15, 0.2) is 5.96 Å². The van der Waals surface area contributed by atoms with Gasteiger partial charge < -0.3 is 16.0 Å². The summed E-state index contributed by atoms with van der Waals surface area (Å²) in [6, 6.07) is 16.3. The highest BCUT2D eigenvalue weighted by molar-refractivity contribution is 14.0. The van der Waals surface area contributed by atoms with Gasteiger partial charge in [0.25, 0.3) is 0 Å². The molecular formula is C21H27IN4O. The SMILES string of the molecule is CCc1cccc(NC(N)=NCCCC(=O)N2Cc3ccccc3C2)c1.I. The van der Waals surface area contributed by atoms with Crippen molar-refractivity contribution in [3.05, 3.63) is 65.2 Å². The Morgan fingerprint density at radius 1 is 1.15 bits per heavy atom. The average Bonchev–Trinajstić information content (AvgIpc) is 3.09. The summed E-state index contributed by atoms with van der Waals surface area (Å²) in [7, 11) is 0. The van der Waals surface area contributed by atoms with Crippen LogP contribution in [0.2, 0.25) is 0 Å². The molecule has 0 aromatic heterocycles. The first kappa shape index (κ1) is 21.2. The van der Waals surface area contributed by atoms with Crippen molar-refractivity contribution in [2.45, 2.75) is 39.3 Å². The Morgan fingerprint density at radius 2 is 1.85 bits per heavy atom. The van der Waals surface area contributed by atoms with Gasteiger partial charge in [-0.3, -0.25) is 9.79 Å². The Balaban J connectivity index is 0.00000261. The van der Waals surface area contributed by atoms with Crippen LogP contribution < -0.4 is 11.1 Å². The number of anilines is 1. The zero-order chi connectivity index (χ0) is 18.4. The molecule has 0 bridgehead atoms. The first-order chi connectivity index (χ1) is 12.7. The maximum absolute atomic E-state index is 12.4. The number of benzene rings is 2. The van der Waals surface area contributed by atoms with Crippen molar-refractivity contribution in [2.24, 2.45) is 10.7 Å². The first-order valence-electron chi connectivity index (χ1n) is 9.16. The smallest absolute Gasteiger partial charge is 0.223 e. The minimum Gasteiger partial charge on any atom is -0.370 e. The maximum atomic E-state index is 12.4. The third-order valence-electron chi connectivity index (χ3n) is 4.63. The van der Waals surface area contributed by atoms with E-state index in [9.17, 15) is 4.79 Å². The number of aliphatic imine (C=N–C) groups is 1. The number of amides is 1. The second kappa shape index (κ2) is 10.3. The highest BCUT2D eigenvalue weighted by Gasteiger charge is 2.22. The van der Waals surface area contributed by atoms with Crippen molar-refractivity contribution in [1.82, 2.24) is 4.90 Å². The minimum absolute atomic E-state index is 0. The van der Waals surface area contributed by atoms with Crippen molar-refractivity contribution in [2.75, 3.05) is 11.9 Å². The number of guanidine groups is 1. The number of fused-ring (bicyclic) bond motifs is 1. The Labute approximate surface area is 178 Å². The summed E-state index contributed by atoms with van der Waals surface area (Å²) >= 11 is 0. The van der Waals surface area contributed by atoms with Crippen LogP contribution in [0.25, 0.3) is 0 Å². The van der Waals surface area contributed by atoms with Gasteiger partial charge in [-0.05, 0) is 41.7 Å². The predicted molar refractivity (Wildman–Crippen MR) is 121 cm³/mol. The summed E-state index contributed by atoms with van der Waals surface area (Å²) in [5, 5.41) is 3.10. The first-order valence-corrected chi connectivity index (χ1v) is 9.16. The molecule has 0 atom stereocenters. The standard InChI is InChI=1S/C21H26N4O.HI/c1-2-16-7-5-10-19(13-16)24-21(22)23-12-6-11-20(26)25-14-17-8-3-4-9-18(17)15-25;/h3-5,7-10,13H,2,6,11-12,14-15H2,1H3,(H3,22,23,24);1H. The monoisotopic (exact) mass is 478 g/mol. The second-order valence-corrected chi connectivity index (χ2v) is 6.57. The van der Waals surface area contributed by atoms with E-state index in [1.54, 1.807) is 0 Å². The molecule has 2 aromatic rings. The van der Waals surface area contributed by atoms with E-state index in [-0.39, 0.29) is 29.9 Å². The van der Waals surface area contributed by atoms with Gasteiger partial charge >= 0.3 is 0 Å². The van der Waals surface area contributed by atoms with Gasteiger partial charge in [0, 0.05) is 31.7 Å². The number of halogens is 1.